The molecule has 0 radical (unpaired) electrons. The molecule has 2 fully saturated rings. The summed E-state index contributed by atoms with van der Waals surface area (Å²) in [4.78, 5) is 51.9. The van der Waals surface area contributed by atoms with Crippen molar-refractivity contribution < 1.29 is 19.2 Å². The Balaban J connectivity index is 2.56. The average Bonchev–Trinajstić information content (AvgIpc) is 2.38. The molecule has 2 aliphatic heterocycles. The smallest absolute Gasteiger partial charge is 0.242 e. The first-order valence-electron chi connectivity index (χ1n) is 6.71. The molecule has 0 saturated carbocycles. The fourth-order valence-corrected chi connectivity index (χ4v) is 3.11. The summed E-state index contributed by atoms with van der Waals surface area (Å²) in [5.41, 5.74) is -1.02. The third-order valence-electron chi connectivity index (χ3n) is 4.16. The molecule has 0 aromatic rings. The van der Waals surface area contributed by atoms with E-state index < -0.39 is 40.9 Å². The van der Waals surface area contributed by atoms with Gasteiger partial charge in [0.15, 0.2) is 0 Å². The van der Waals surface area contributed by atoms with Crippen LogP contribution >= 0.6 is 0 Å². The SMILES string of the molecule is C=CCN1C(=O)C2C(=O)N(CC=C)C(=O)C(C1=O)C2(C)C. The molecule has 6 heteroatoms. The van der Waals surface area contributed by atoms with Crippen LogP contribution in [0.1, 0.15) is 13.8 Å². The Labute approximate surface area is 123 Å². The van der Waals surface area contributed by atoms with E-state index in [1.165, 1.54) is 12.2 Å². The molecule has 2 heterocycles. The Bertz CT molecular complexity index is 484. The minimum atomic E-state index is -1.03. The molecule has 2 saturated heterocycles. The zero-order chi connectivity index (χ0) is 15.9. The van der Waals surface area contributed by atoms with Gasteiger partial charge in [-0.05, 0) is 0 Å². The summed E-state index contributed by atoms with van der Waals surface area (Å²) in [6.07, 6.45) is 2.81. The normalized spacial score (nSPS) is 27.9. The first-order valence-corrected chi connectivity index (χ1v) is 6.71. The molecule has 4 amide bonds. The Kier molecular flexibility index (Phi) is 3.57. The molecule has 0 atom stereocenters. The highest BCUT2D eigenvalue weighted by Crippen LogP contribution is 2.46. The predicted molar refractivity (Wildman–Crippen MR) is 74.6 cm³/mol. The van der Waals surface area contributed by atoms with Gasteiger partial charge in [0.05, 0.1) is 0 Å². The van der Waals surface area contributed by atoms with Crippen LogP contribution in [0, 0.1) is 17.3 Å². The maximum atomic E-state index is 12.5. The van der Waals surface area contributed by atoms with E-state index in [0.29, 0.717) is 0 Å². The molecular formula is C15H18N2O4. The van der Waals surface area contributed by atoms with E-state index in [9.17, 15) is 19.2 Å². The van der Waals surface area contributed by atoms with Gasteiger partial charge in [0.2, 0.25) is 23.6 Å². The van der Waals surface area contributed by atoms with Crippen molar-refractivity contribution >= 4 is 23.6 Å². The van der Waals surface area contributed by atoms with Crippen molar-refractivity contribution in [3.63, 3.8) is 0 Å². The molecule has 0 aliphatic carbocycles. The Morgan fingerprint density at radius 2 is 1.14 bits per heavy atom. The fourth-order valence-electron chi connectivity index (χ4n) is 3.11. The van der Waals surface area contributed by atoms with Crippen LogP contribution in [0.15, 0.2) is 25.3 Å². The van der Waals surface area contributed by atoms with E-state index in [4.69, 9.17) is 0 Å². The number of hydrogen-bond donors (Lipinski definition) is 0. The van der Waals surface area contributed by atoms with Gasteiger partial charge < -0.3 is 0 Å². The number of amides is 4. The molecular weight excluding hydrogens is 272 g/mol. The van der Waals surface area contributed by atoms with Gasteiger partial charge in [0.25, 0.3) is 0 Å². The highest BCUT2D eigenvalue weighted by Gasteiger charge is 2.64. The topological polar surface area (TPSA) is 74.8 Å². The first-order chi connectivity index (χ1) is 9.78. The Hall–Kier alpha value is -2.24. The Morgan fingerprint density at radius 3 is 1.38 bits per heavy atom. The first kappa shape index (κ1) is 15.2. The number of likely N-dealkylation sites (tertiary alicyclic amines) is 2. The molecule has 2 rings (SSSR count). The second-order valence-corrected chi connectivity index (χ2v) is 5.84. The van der Waals surface area contributed by atoms with Crippen LogP contribution in [-0.2, 0) is 19.2 Å². The Morgan fingerprint density at radius 1 is 0.857 bits per heavy atom. The summed E-state index contributed by atoms with van der Waals surface area (Å²) in [5, 5.41) is 0. The maximum Gasteiger partial charge on any atom is 0.242 e. The number of imide groups is 2. The predicted octanol–water partition coefficient (Wildman–Crippen LogP) is 0.355. The molecule has 2 bridgehead atoms. The van der Waals surface area contributed by atoms with Crippen molar-refractivity contribution in [3.05, 3.63) is 25.3 Å². The number of fused-ring (bicyclic) bond motifs is 2. The monoisotopic (exact) mass is 290 g/mol. The molecule has 112 valence electrons. The van der Waals surface area contributed by atoms with Crippen LogP contribution in [0.2, 0.25) is 0 Å². The standard InChI is InChI=1S/C15H18N2O4/c1-5-7-16-11(18)9-13(20)17(8-6-2)14(21)10(12(16)19)15(9,3)4/h5-6,9-10H,1-2,7-8H2,3-4H3. The lowest BCUT2D eigenvalue weighted by Crippen LogP contribution is -2.70. The zero-order valence-electron chi connectivity index (χ0n) is 12.2. The lowest BCUT2D eigenvalue weighted by molar-refractivity contribution is -0.183. The van der Waals surface area contributed by atoms with E-state index in [1.807, 2.05) is 0 Å². The van der Waals surface area contributed by atoms with Gasteiger partial charge in [0.1, 0.15) is 11.8 Å². The van der Waals surface area contributed by atoms with Gasteiger partial charge in [-0.3, -0.25) is 29.0 Å². The van der Waals surface area contributed by atoms with Crippen LogP contribution in [0.3, 0.4) is 0 Å². The quantitative estimate of drug-likeness (QED) is 0.425. The number of rotatable bonds is 4. The number of nitrogens with zero attached hydrogens (tertiary/aromatic N) is 2. The third kappa shape index (κ3) is 1.93. The molecule has 21 heavy (non-hydrogen) atoms. The summed E-state index contributed by atoms with van der Waals surface area (Å²) in [7, 11) is 0. The maximum absolute atomic E-state index is 12.5. The van der Waals surface area contributed by atoms with Crippen LogP contribution in [0.5, 0.6) is 0 Å². The van der Waals surface area contributed by atoms with Crippen LogP contribution in [0.4, 0.5) is 0 Å². The number of carbonyl (C=O) groups is 4. The van der Waals surface area contributed by atoms with Gasteiger partial charge in [-0.25, -0.2) is 0 Å². The van der Waals surface area contributed by atoms with E-state index in [2.05, 4.69) is 13.2 Å². The largest absolute Gasteiger partial charge is 0.277 e. The minimum absolute atomic E-state index is 0.00274. The molecule has 6 nitrogen and oxygen atoms in total. The van der Waals surface area contributed by atoms with E-state index in [1.54, 1.807) is 13.8 Å². The fraction of sp³-hybridized carbons (Fsp3) is 0.467. The van der Waals surface area contributed by atoms with Crippen molar-refractivity contribution in [1.82, 2.24) is 9.80 Å². The van der Waals surface area contributed by atoms with Gasteiger partial charge in [-0.2, -0.15) is 0 Å². The summed E-state index contributed by atoms with van der Waals surface area (Å²) in [6.45, 7) is 10.2. The zero-order valence-corrected chi connectivity index (χ0v) is 12.2. The van der Waals surface area contributed by atoms with Crippen molar-refractivity contribution in [1.29, 1.82) is 0 Å². The highest BCUT2D eigenvalue weighted by atomic mass is 16.2. The number of hydrogen-bond acceptors (Lipinski definition) is 4. The van der Waals surface area contributed by atoms with E-state index in [0.717, 1.165) is 9.80 Å². The summed E-state index contributed by atoms with van der Waals surface area (Å²) >= 11 is 0. The van der Waals surface area contributed by atoms with Gasteiger partial charge >= 0.3 is 0 Å². The second kappa shape index (κ2) is 4.95. The molecule has 2 aliphatic rings. The molecule has 0 N–H and O–H groups in total. The van der Waals surface area contributed by atoms with Crippen molar-refractivity contribution in [2.24, 2.45) is 17.3 Å². The van der Waals surface area contributed by atoms with Crippen molar-refractivity contribution in [2.75, 3.05) is 13.1 Å². The second-order valence-electron chi connectivity index (χ2n) is 5.84. The summed E-state index contributed by atoms with van der Waals surface area (Å²) in [5.74, 6) is -4.31. The highest BCUT2D eigenvalue weighted by molar-refractivity contribution is 6.22. The summed E-state index contributed by atoms with van der Waals surface area (Å²) < 4.78 is 0. The number of piperidine rings is 2. The molecule has 0 aromatic carbocycles. The van der Waals surface area contributed by atoms with Gasteiger partial charge in [0, 0.05) is 18.5 Å². The van der Waals surface area contributed by atoms with E-state index in [-0.39, 0.29) is 13.1 Å². The van der Waals surface area contributed by atoms with Crippen molar-refractivity contribution in [2.45, 2.75) is 13.8 Å². The molecule has 0 spiro atoms. The molecule has 0 aromatic heterocycles. The van der Waals surface area contributed by atoms with Crippen molar-refractivity contribution in [3.8, 4) is 0 Å². The lowest BCUT2D eigenvalue weighted by Gasteiger charge is -2.50. The summed E-state index contributed by atoms with van der Waals surface area (Å²) in [6, 6.07) is 0. The van der Waals surface area contributed by atoms with Gasteiger partial charge in [-0.1, -0.05) is 26.0 Å². The lowest BCUT2D eigenvalue weighted by atomic mass is 9.62. The van der Waals surface area contributed by atoms with Crippen LogP contribution < -0.4 is 0 Å². The van der Waals surface area contributed by atoms with Gasteiger partial charge in [-0.15, -0.1) is 13.2 Å². The minimum Gasteiger partial charge on any atom is -0.277 e. The third-order valence-corrected chi connectivity index (χ3v) is 4.16. The van der Waals surface area contributed by atoms with Crippen LogP contribution in [-0.4, -0.2) is 46.5 Å². The average molecular weight is 290 g/mol. The van der Waals surface area contributed by atoms with Crippen LogP contribution in [0.25, 0.3) is 0 Å². The molecule has 0 unspecified atom stereocenters. The van der Waals surface area contributed by atoms with E-state index >= 15 is 0 Å². The number of carbonyl (C=O) groups excluding carboxylic acids is 4.